The highest BCUT2D eigenvalue weighted by atomic mass is 35.5. The molecule has 3 aromatic rings. The van der Waals surface area contributed by atoms with Crippen molar-refractivity contribution in [3.8, 4) is 0 Å². The van der Waals surface area contributed by atoms with Gasteiger partial charge in [0.15, 0.2) is 0 Å². The molecule has 1 fully saturated rings. The lowest BCUT2D eigenvalue weighted by atomic mass is 10.1. The molecule has 0 unspecified atom stereocenters. The Labute approximate surface area is 182 Å². The van der Waals surface area contributed by atoms with Gasteiger partial charge in [-0.3, -0.25) is 14.7 Å². The number of aromatic nitrogens is 1. The van der Waals surface area contributed by atoms with E-state index in [2.05, 4.69) is 32.2 Å². The fourth-order valence-electron chi connectivity index (χ4n) is 3.68. The first kappa shape index (κ1) is 20.4. The summed E-state index contributed by atoms with van der Waals surface area (Å²) in [6, 6.07) is 21.6. The van der Waals surface area contributed by atoms with E-state index in [1.165, 1.54) is 5.69 Å². The largest absolute Gasteiger partial charge is 0.369 e. The second kappa shape index (κ2) is 9.74. The van der Waals surface area contributed by atoms with Crippen molar-refractivity contribution < 1.29 is 4.79 Å². The molecule has 0 atom stereocenters. The van der Waals surface area contributed by atoms with Crippen LogP contribution < -0.4 is 10.2 Å². The van der Waals surface area contributed by atoms with Crippen molar-refractivity contribution in [3.05, 3.63) is 94.8 Å². The van der Waals surface area contributed by atoms with Gasteiger partial charge in [0.1, 0.15) is 0 Å². The molecule has 1 saturated heterocycles. The molecular weight excluding hydrogens is 396 g/mol. The van der Waals surface area contributed by atoms with E-state index in [-0.39, 0.29) is 5.91 Å². The maximum absolute atomic E-state index is 12.5. The van der Waals surface area contributed by atoms with E-state index in [4.69, 9.17) is 11.6 Å². The number of hydrogen-bond acceptors (Lipinski definition) is 4. The molecule has 0 bridgehead atoms. The SMILES string of the molecule is O=C(NCc1ccccn1)c1cccc(CN2CCN(c3cccc(Cl)c3)CC2)c1. The third-order valence-corrected chi connectivity index (χ3v) is 5.53. The van der Waals surface area contributed by atoms with Gasteiger partial charge in [0.05, 0.1) is 12.2 Å². The minimum atomic E-state index is -0.0757. The first-order chi connectivity index (χ1) is 14.7. The van der Waals surface area contributed by atoms with Gasteiger partial charge in [0.25, 0.3) is 5.91 Å². The lowest BCUT2D eigenvalue weighted by Crippen LogP contribution is -2.46. The highest BCUT2D eigenvalue weighted by molar-refractivity contribution is 6.30. The van der Waals surface area contributed by atoms with Crippen molar-refractivity contribution in [2.45, 2.75) is 13.1 Å². The third-order valence-electron chi connectivity index (χ3n) is 5.30. The molecule has 6 heteroatoms. The molecule has 30 heavy (non-hydrogen) atoms. The van der Waals surface area contributed by atoms with Gasteiger partial charge >= 0.3 is 0 Å². The Bertz CT molecular complexity index is 987. The van der Waals surface area contributed by atoms with E-state index in [0.717, 1.165) is 49.0 Å². The van der Waals surface area contributed by atoms with Gasteiger partial charge in [-0.15, -0.1) is 0 Å². The number of carbonyl (C=O) groups excluding carboxylic acids is 1. The van der Waals surface area contributed by atoms with Crippen LogP contribution in [0, 0.1) is 0 Å². The average molecular weight is 421 g/mol. The van der Waals surface area contributed by atoms with E-state index in [1.807, 2.05) is 54.6 Å². The van der Waals surface area contributed by atoms with Crippen LogP contribution in [-0.4, -0.2) is 42.0 Å². The van der Waals surface area contributed by atoms with Crippen LogP contribution in [0.5, 0.6) is 0 Å². The van der Waals surface area contributed by atoms with Crippen molar-refractivity contribution >= 4 is 23.2 Å². The summed E-state index contributed by atoms with van der Waals surface area (Å²) in [7, 11) is 0. The van der Waals surface area contributed by atoms with Gasteiger partial charge < -0.3 is 10.2 Å². The zero-order chi connectivity index (χ0) is 20.8. The second-order valence-electron chi connectivity index (χ2n) is 7.45. The van der Waals surface area contributed by atoms with Crippen LogP contribution in [0.25, 0.3) is 0 Å². The van der Waals surface area contributed by atoms with E-state index in [0.29, 0.717) is 12.1 Å². The first-order valence-corrected chi connectivity index (χ1v) is 10.5. The normalized spacial score (nSPS) is 14.5. The molecular formula is C24H25ClN4O. The van der Waals surface area contributed by atoms with Crippen molar-refractivity contribution in [3.63, 3.8) is 0 Å². The lowest BCUT2D eigenvalue weighted by molar-refractivity contribution is 0.0950. The minimum absolute atomic E-state index is 0.0757. The number of anilines is 1. The van der Waals surface area contributed by atoms with Crippen molar-refractivity contribution in [2.75, 3.05) is 31.1 Å². The lowest BCUT2D eigenvalue weighted by Gasteiger charge is -2.36. The monoisotopic (exact) mass is 420 g/mol. The van der Waals surface area contributed by atoms with Crippen LogP contribution >= 0.6 is 11.6 Å². The summed E-state index contributed by atoms with van der Waals surface area (Å²) in [6.07, 6.45) is 1.73. The van der Waals surface area contributed by atoms with Crippen LogP contribution in [0.4, 0.5) is 5.69 Å². The number of amides is 1. The summed E-state index contributed by atoms with van der Waals surface area (Å²) in [6.45, 7) is 5.14. The summed E-state index contributed by atoms with van der Waals surface area (Å²) in [4.78, 5) is 21.5. The highest BCUT2D eigenvalue weighted by Gasteiger charge is 2.18. The minimum Gasteiger partial charge on any atom is -0.369 e. The smallest absolute Gasteiger partial charge is 0.251 e. The first-order valence-electron chi connectivity index (χ1n) is 10.2. The summed E-state index contributed by atoms with van der Waals surface area (Å²) in [5, 5.41) is 3.71. The number of nitrogens with zero attached hydrogens (tertiary/aromatic N) is 3. The second-order valence-corrected chi connectivity index (χ2v) is 7.88. The number of hydrogen-bond donors (Lipinski definition) is 1. The molecule has 1 aromatic heterocycles. The summed E-state index contributed by atoms with van der Waals surface area (Å²) in [5.74, 6) is -0.0757. The van der Waals surface area contributed by atoms with Crippen LogP contribution in [-0.2, 0) is 13.1 Å². The van der Waals surface area contributed by atoms with E-state index >= 15 is 0 Å². The Hall–Kier alpha value is -2.89. The molecule has 0 radical (unpaired) electrons. The molecule has 0 aliphatic carbocycles. The predicted octanol–water partition coefficient (Wildman–Crippen LogP) is 3.99. The topological polar surface area (TPSA) is 48.5 Å². The van der Waals surface area contributed by atoms with Crippen molar-refractivity contribution in [1.29, 1.82) is 0 Å². The molecule has 0 spiro atoms. The van der Waals surface area contributed by atoms with Gasteiger partial charge in [-0.2, -0.15) is 0 Å². The molecule has 154 valence electrons. The molecule has 5 nitrogen and oxygen atoms in total. The average Bonchev–Trinajstić information content (AvgIpc) is 2.79. The number of benzene rings is 2. The Morgan fingerprint density at radius 2 is 1.80 bits per heavy atom. The summed E-state index contributed by atoms with van der Waals surface area (Å²) in [5.41, 5.74) is 3.85. The van der Waals surface area contributed by atoms with E-state index < -0.39 is 0 Å². The molecule has 2 heterocycles. The summed E-state index contributed by atoms with van der Waals surface area (Å²) < 4.78 is 0. The maximum atomic E-state index is 12.5. The number of nitrogens with one attached hydrogen (secondary N) is 1. The Balaban J connectivity index is 1.31. The van der Waals surface area contributed by atoms with Gasteiger partial charge in [0.2, 0.25) is 0 Å². The molecule has 4 rings (SSSR count). The molecule has 1 aliphatic rings. The number of halogens is 1. The highest BCUT2D eigenvalue weighted by Crippen LogP contribution is 2.21. The number of rotatable bonds is 6. The van der Waals surface area contributed by atoms with Crippen LogP contribution in [0.1, 0.15) is 21.6 Å². The molecule has 0 saturated carbocycles. The quantitative estimate of drug-likeness (QED) is 0.655. The zero-order valence-corrected chi connectivity index (χ0v) is 17.6. The number of pyridine rings is 1. The van der Waals surface area contributed by atoms with Crippen molar-refractivity contribution in [2.24, 2.45) is 0 Å². The fraction of sp³-hybridized carbons (Fsp3) is 0.250. The van der Waals surface area contributed by atoms with Crippen molar-refractivity contribution in [1.82, 2.24) is 15.2 Å². The zero-order valence-electron chi connectivity index (χ0n) is 16.8. The molecule has 1 N–H and O–H groups in total. The van der Waals surface area contributed by atoms with Crippen LogP contribution in [0.2, 0.25) is 5.02 Å². The van der Waals surface area contributed by atoms with E-state index in [9.17, 15) is 4.79 Å². The standard InChI is InChI=1S/C24H25ClN4O/c25-21-7-4-9-23(16-21)29-13-11-28(12-14-29)18-19-5-3-6-20(15-19)24(30)27-17-22-8-1-2-10-26-22/h1-10,15-16H,11-14,17-18H2,(H,27,30). The fourth-order valence-corrected chi connectivity index (χ4v) is 3.87. The van der Waals surface area contributed by atoms with E-state index in [1.54, 1.807) is 6.20 Å². The maximum Gasteiger partial charge on any atom is 0.251 e. The number of carbonyl (C=O) groups is 1. The van der Waals surface area contributed by atoms with Gasteiger partial charge in [0, 0.05) is 55.2 Å². The van der Waals surface area contributed by atoms with Gasteiger partial charge in [-0.25, -0.2) is 0 Å². The Kier molecular flexibility index (Phi) is 6.62. The predicted molar refractivity (Wildman–Crippen MR) is 121 cm³/mol. The van der Waals surface area contributed by atoms with Gasteiger partial charge in [-0.05, 0) is 48.0 Å². The summed E-state index contributed by atoms with van der Waals surface area (Å²) >= 11 is 6.12. The number of piperazine rings is 1. The molecule has 1 aliphatic heterocycles. The Morgan fingerprint density at radius 3 is 2.57 bits per heavy atom. The third kappa shape index (κ3) is 5.38. The Morgan fingerprint density at radius 1 is 0.967 bits per heavy atom. The van der Waals surface area contributed by atoms with Crippen LogP contribution in [0.3, 0.4) is 0 Å². The van der Waals surface area contributed by atoms with Crippen LogP contribution in [0.15, 0.2) is 72.9 Å². The molecule has 2 aromatic carbocycles. The van der Waals surface area contributed by atoms with Gasteiger partial charge in [-0.1, -0.05) is 35.9 Å². The molecule has 1 amide bonds.